The molecule has 1 aromatic heterocycles. The van der Waals surface area contributed by atoms with Crippen molar-refractivity contribution >= 4 is 11.0 Å². The van der Waals surface area contributed by atoms with Crippen molar-refractivity contribution in [3.63, 3.8) is 0 Å². The topological polar surface area (TPSA) is 43.6 Å². The van der Waals surface area contributed by atoms with Crippen LogP contribution in [0, 0.1) is 6.92 Å². The van der Waals surface area contributed by atoms with Crippen LogP contribution in [0.3, 0.4) is 0 Å². The summed E-state index contributed by atoms with van der Waals surface area (Å²) in [7, 11) is 0. The summed E-state index contributed by atoms with van der Waals surface area (Å²) < 4.78 is 17.4. The molecule has 1 fully saturated rings. The van der Waals surface area contributed by atoms with Crippen molar-refractivity contribution in [2.24, 2.45) is 0 Å². The maximum atomic E-state index is 6.07. The zero-order chi connectivity index (χ0) is 13.9. The maximum Gasteiger partial charge on any atom is 0.137 e. The van der Waals surface area contributed by atoms with E-state index in [1.165, 1.54) is 0 Å². The summed E-state index contributed by atoms with van der Waals surface area (Å²) in [6.45, 7) is 6.94. The molecule has 1 aliphatic rings. The van der Waals surface area contributed by atoms with Crippen LogP contribution in [0.1, 0.15) is 24.3 Å². The van der Waals surface area contributed by atoms with E-state index in [0.717, 1.165) is 28.8 Å². The first-order chi connectivity index (χ1) is 9.79. The van der Waals surface area contributed by atoms with E-state index in [1.54, 1.807) is 0 Å². The average Bonchev–Trinajstić information content (AvgIpc) is 2.91. The highest BCUT2D eigenvalue weighted by Gasteiger charge is 2.28. The fourth-order valence-electron chi connectivity index (χ4n) is 2.72. The Bertz CT molecular complexity index is 572. The molecule has 0 bridgehead atoms. The van der Waals surface area contributed by atoms with Gasteiger partial charge in [-0.15, -0.1) is 0 Å². The average molecular weight is 275 g/mol. The lowest BCUT2D eigenvalue weighted by molar-refractivity contribution is -0.104. The molecule has 0 amide bonds. The maximum absolute atomic E-state index is 6.07. The molecule has 4 nitrogen and oxygen atoms in total. The van der Waals surface area contributed by atoms with Crippen LogP contribution in [0.4, 0.5) is 0 Å². The summed E-state index contributed by atoms with van der Waals surface area (Å²) in [5.41, 5.74) is 2.12. The van der Waals surface area contributed by atoms with E-state index in [9.17, 15) is 0 Å². The SMILES string of the molecule is CCNC(c1cc2cccc(C)c2o1)C1COCCO1. The van der Waals surface area contributed by atoms with Gasteiger partial charge in [0.05, 0.1) is 25.9 Å². The number of rotatable bonds is 4. The Morgan fingerprint density at radius 2 is 2.25 bits per heavy atom. The third kappa shape index (κ3) is 2.59. The predicted octanol–water partition coefficient (Wildman–Crippen LogP) is 2.81. The van der Waals surface area contributed by atoms with Crippen molar-refractivity contribution in [3.8, 4) is 0 Å². The van der Waals surface area contributed by atoms with Crippen LogP contribution in [0.15, 0.2) is 28.7 Å². The molecule has 108 valence electrons. The highest BCUT2D eigenvalue weighted by Crippen LogP contribution is 2.29. The van der Waals surface area contributed by atoms with Gasteiger partial charge in [-0.05, 0) is 25.1 Å². The summed E-state index contributed by atoms with van der Waals surface area (Å²) >= 11 is 0. The molecule has 1 N–H and O–H groups in total. The molecule has 2 unspecified atom stereocenters. The van der Waals surface area contributed by atoms with E-state index in [-0.39, 0.29) is 12.1 Å². The van der Waals surface area contributed by atoms with E-state index >= 15 is 0 Å². The number of hydrogen-bond acceptors (Lipinski definition) is 4. The third-order valence-electron chi connectivity index (χ3n) is 3.70. The van der Waals surface area contributed by atoms with Crippen LogP contribution in [0.2, 0.25) is 0 Å². The molecule has 4 heteroatoms. The highest BCUT2D eigenvalue weighted by atomic mass is 16.6. The van der Waals surface area contributed by atoms with E-state index < -0.39 is 0 Å². The Hall–Kier alpha value is -1.36. The Kier molecular flexibility index (Phi) is 4.05. The summed E-state index contributed by atoms with van der Waals surface area (Å²) in [6.07, 6.45) is 0.00423. The molecule has 1 saturated heterocycles. The largest absolute Gasteiger partial charge is 0.459 e. The van der Waals surface area contributed by atoms with Gasteiger partial charge in [-0.1, -0.05) is 25.1 Å². The number of furan rings is 1. The molecule has 2 heterocycles. The molecule has 0 radical (unpaired) electrons. The second-order valence-electron chi connectivity index (χ2n) is 5.16. The van der Waals surface area contributed by atoms with E-state index in [4.69, 9.17) is 13.9 Å². The number of ether oxygens (including phenoxy) is 2. The molecular formula is C16H21NO3. The van der Waals surface area contributed by atoms with Gasteiger partial charge >= 0.3 is 0 Å². The van der Waals surface area contributed by atoms with Gasteiger partial charge in [0.2, 0.25) is 0 Å². The van der Waals surface area contributed by atoms with E-state index in [0.29, 0.717) is 19.8 Å². The first kappa shape index (κ1) is 13.6. The van der Waals surface area contributed by atoms with Crippen molar-refractivity contribution in [1.29, 1.82) is 0 Å². The van der Waals surface area contributed by atoms with Gasteiger partial charge in [-0.25, -0.2) is 0 Å². The lowest BCUT2D eigenvalue weighted by Gasteiger charge is -2.29. The number of fused-ring (bicyclic) bond motifs is 1. The van der Waals surface area contributed by atoms with Gasteiger partial charge < -0.3 is 19.2 Å². The van der Waals surface area contributed by atoms with Gasteiger partial charge in [0.1, 0.15) is 17.4 Å². The smallest absolute Gasteiger partial charge is 0.137 e. The molecule has 1 aliphatic heterocycles. The van der Waals surface area contributed by atoms with Crippen molar-refractivity contribution in [2.45, 2.75) is 26.0 Å². The molecule has 2 atom stereocenters. The number of aryl methyl sites for hydroxylation is 1. The predicted molar refractivity (Wildman–Crippen MR) is 77.9 cm³/mol. The van der Waals surface area contributed by atoms with Crippen LogP contribution >= 0.6 is 0 Å². The molecule has 0 saturated carbocycles. The monoisotopic (exact) mass is 275 g/mol. The summed E-state index contributed by atoms with van der Waals surface area (Å²) in [4.78, 5) is 0. The zero-order valence-electron chi connectivity index (χ0n) is 12.0. The molecule has 0 spiro atoms. The van der Waals surface area contributed by atoms with Gasteiger partial charge in [-0.3, -0.25) is 0 Å². The molecule has 3 rings (SSSR count). The van der Waals surface area contributed by atoms with Gasteiger partial charge in [0.25, 0.3) is 0 Å². The lowest BCUT2D eigenvalue weighted by Crippen LogP contribution is -2.40. The lowest BCUT2D eigenvalue weighted by atomic mass is 10.1. The quantitative estimate of drug-likeness (QED) is 0.932. The first-order valence-corrected chi connectivity index (χ1v) is 7.21. The Morgan fingerprint density at radius 1 is 1.35 bits per heavy atom. The number of hydrogen-bond donors (Lipinski definition) is 1. The van der Waals surface area contributed by atoms with Gasteiger partial charge in [-0.2, -0.15) is 0 Å². The molecule has 20 heavy (non-hydrogen) atoms. The van der Waals surface area contributed by atoms with Crippen LogP contribution in [-0.2, 0) is 9.47 Å². The molecule has 0 aliphatic carbocycles. The second kappa shape index (κ2) is 5.95. The third-order valence-corrected chi connectivity index (χ3v) is 3.70. The Balaban J connectivity index is 1.93. The minimum atomic E-state index is 0.00423. The van der Waals surface area contributed by atoms with Crippen molar-refractivity contribution in [2.75, 3.05) is 26.4 Å². The fourth-order valence-corrected chi connectivity index (χ4v) is 2.72. The van der Waals surface area contributed by atoms with Crippen molar-refractivity contribution < 1.29 is 13.9 Å². The number of para-hydroxylation sites is 1. The molecular weight excluding hydrogens is 254 g/mol. The zero-order valence-corrected chi connectivity index (χ0v) is 12.0. The normalized spacial score (nSPS) is 21.2. The van der Waals surface area contributed by atoms with Crippen LogP contribution in [-0.4, -0.2) is 32.5 Å². The van der Waals surface area contributed by atoms with E-state index in [2.05, 4.69) is 43.4 Å². The van der Waals surface area contributed by atoms with Crippen molar-refractivity contribution in [3.05, 3.63) is 35.6 Å². The van der Waals surface area contributed by atoms with Crippen LogP contribution in [0.5, 0.6) is 0 Å². The number of benzene rings is 1. The Morgan fingerprint density at radius 3 is 2.95 bits per heavy atom. The van der Waals surface area contributed by atoms with E-state index in [1.807, 2.05) is 0 Å². The van der Waals surface area contributed by atoms with Crippen molar-refractivity contribution in [1.82, 2.24) is 5.32 Å². The number of nitrogens with one attached hydrogen (secondary N) is 1. The summed E-state index contributed by atoms with van der Waals surface area (Å²) in [5, 5.41) is 4.59. The number of likely N-dealkylation sites (N-methyl/N-ethyl adjacent to an activating group) is 1. The highest BCUT2D eigenvalue weighted by molar-refractivity contribution is 5.81. The molecule has 1 aromatic carbocycles. The molecule has 2 aromatic rings. The first-order valence-electron chi connectivity index (χ1n) is 7.21. The fraction of sp³-hybridized carbons (Fsp3) is 0.500. The van der Waals surface area contributed by atoms with Crippen LogP contribution in [0.25, 0.3) is 11.0 Å². The van der Waals surface area contributed by atoms with Crippen LogP contribution < -0.4 is 5.32 Å². The minimum absolute atomic E-state index is 0.00423. The van der Waals surface area contributed by atoms with Gasteiger partial charge in [0.15, 0.2) is 0 Å². The standard InChI is InChI=1S/C16H21NO3/c1-3-17-15(14-10-18-7-8-19-14)13-9-12-6-4-5-11(2)16(12)20-13/h4-6,9,14-15,17H,3,7-8,10H2,1-2H3. The summed E-state index contributed by atoms with van der Waals surface area (Å²) in [5.74, 6) is 0.923. The Labute approximate surface area is 119 Å². The summed E-state index contributed by atoms with van der Waals surface area (Å²) in [6, 6.07) is 8.34. The second-order valence-corrected chi connectivity index (χ2v) is 5.16. The van der Waals surface area contributed by atoms with Gasteiger partial charge in [0, 0.05) is 5.39 Å². The minimum Gasteiger partial charge on any atom is -0.459 e.